The number of nitro groups is 1. The van der Waals surface area contributed by atoms with Crippen LogP contribution in [0.3, 0.4) is 0 Å². The van der Waals surface area contributed by atoms with Crippen molar-refractivity contribution in [3.05, 3.63) is 44.9 Å². The molecule has 1 N–H and O–H groups in total. The van der Waals surface area contributed by atoms with Gasteiger partial charge in [-0.1, -0.05) is 0 Å². The number of nitro benzene ring substituents is 1. The van der Waals surface area contributed by atoms with Crippen molar-refractivity contribution < 1.29 is 37.2 Å². The van der Waals surface area contributed by atoms with Crippen LogP contribution < -0.4 is 10.1 Å². The van der Waals surface area contributed by atoms with Crippen LogP contribution in [0.2, 0.25) is 0 Å². The van der Waals surface area contributed by atoms with Gasteiger partial charge in [-0.25, -0.2) is 4.79 Å². The van der Waals surface area contributed by atoms with Crippen LogP contribution in [0.4, 0.5) is 18.9 Å². The Morgan fingerprint density at radius 2 is 2.11 bits per heavy atom. The topological polar surface area (TPSA) is 132 Å². The minimum atomic E-state index is -5.02. The first kappa shape index (κ1) is 20.9. The number of amidine groups is 1. The van der Waals surface area contributed by atoms with Gasteiger partial charge in [0, 0.05) is 23.8 Å². The van der Waals surface area contributed by atoms with Crippen LogP contribution in [0.15, 0.2) is 39.4 Å². The second-order valence-corrected chi connectivity index (χ2v) is 5.80. The number of nitrogens with zero attached hydrogens (tertiary/aromatic N) is 3. The van der Waals surface area contributed by atoms with Gasteiger partial charge in [-0.3, -0.25) is 20.2 Å². The van der Waals surface area contributed by atoms with E-state index in [-0.39, 0.29) is 15.6 Å². The molecule has 1 aliphatic heterocycles. The number of halogens is 3. The molecule has 14 heteroatoms. The SMILES string of the molecule is COC(=O)/C=C1/S/C(=N\N=Cc2cc([N+](=O)[O-])ccc2OC(F)(F)F)NC1=O. The number of alkyl halides is 3. The van der Waals surface area contributed by atoms with Crippen molar-refractivity contribution in [2.24, 2.45) is 10.2 Å². The van der Waals surface area contributed by atoms with Gasteiger partial charge in [-0.15, -0.1) is 18.3 Å². The average molecular weight is 418 g/mol. The first-order chi connectivity index (χ1) is 13.1. The highest BCUT2D eigenvalue weighted by atomic mass is 32.2. The molecule has 28 heavy (non-hydrogen) atoms. The molecule has 0 aliphatic carbocycles. The second kappa shape index (κ2) is 8.51. The van der Waals surface area contributed by atoms with Crippen LogP contribution in [0, 0.1) is 10.1 Å². The van der Waals surface area contributed by atoms with E-state index in [4.69, 9.17) is 0 Å². The quantitative estimate of drug-likeness (QED) is 0.255. The Kier molecular flexibility index (Phi) is 6.35. The Labute approximate surface area is 158 Å². The lowest BCUT2D eigenvalue weighted by molar-refractivity contribution is -0.385. The van der Waals surface area contributed by atoms with E-state index in [2.05, 4.69) is 25.0 Å². The number of esters is 1. The smallest absolute Gasteiger partial charge is 0.466 e. The Hall–Kier alpha value is -3.42. The van der Waals surface area contributed by atoms with Gasteiger partial charge in [-0.2, -0.15) is 5.10 Å². The van der Waals surface area contributed by atoms with Crippen molar-refractivity contribution in [2.75, 3.05) is 7.11 Å². The highest BCUT2D eigenvalue weighted by molar-refractivity contribution is 8.18. The van der Waals surface area contributed by atoms with Crippen molar-refractivity contribution in [2.45, 2.75) is 6.36 Å². The number of thioether (sulfide) groups is 1. The lowest BCUT2D eigenvalue weighted by Crippen LogP contribution is -2.19. The molecule has 1 amide bonds. The molecule has 0 atom stereocenters. The molecule has 1 fully saturated rings. The molecule has 1 aromatic carbocycles. The third-order valence-electron chi connectivity index (χ3n) is 2.88. The molecule has 0 aromatic heterocycles. The highest BCUT2D eigenvalue weighted by Crippen LogP contribution is 2.29. The van der Waals surface area contributed by atoms with Crippen LogP contribution in [0.5, 0.6) is 5.75 Å². The summed E-state index contributed by atoms with van der Waals surface area (Å²) >= 11 is 0.736. The Balaban J connectivity index is 2.25. The van der Waals surface area contributed by atoms with E-state index < -0.39 is 34.6 Å². The van der Waals surface area contributed by atoms with Gasteiger partial charge in [0.25, 0.3) is 11.6 Å². The molecule has 0 saturated carbocycles. The lowest BCUT2D eigenvalue weighted by Gasteiger charge is -2.10. The number of nitrogens with one attached hydrogen (secondary N) is 1. The molecule has 2 rings (SSSR count). The lowest BCUT2D eigenvalue weighted by atomic mass is 10.2. The van der Waals surface area contributed by atoms with E-state index in [1.807, 2.05) is 0 Å². The van der Waals surface area contributed by atoms with E-state index in [1.54, 1.807) is 0 Å². The predicted octanol–water partition coefficient (Wildman–Crippen LogP) is 2.10. The number of amides is 1. The van der Waals surface area contributed by atoms with Crippen LogP contribution >= 0.6 is 11.8 Å². The van der Waals surface area contributed by atoms with E-state index in [0.717, 1.165) is 49.4 Å². The Morgan fingerprint density at radius 3 is 2.71 bits per heavy atom. The maximum atomic E-state index is 12.4. The summed E-state index contributed by atoms with van der Waals surface area (Å²) in [5, 5.41) is 20.1. The van der Waals surface area contributed by atoms with Crippen molar-refractivity contribution in [3.8, 4) is 5.75 Å². The number of carbonyl (C=O) groups is 2. The summed E-state index contributed by atoms with van der Waals surface area (Å²) in [4.78, 5) is 32.7. The number of hydrogen-bond donors (Lipinski definition) is 1. The van der Waals surface area contributed by atoms with Gasteiger partial charge in [-0.05, 0) is 17.8 Å². The normalized spacial score (nSPS) is 17.2. The summed E-state index contributed by atoms with van der Waals surface area (Å²) in [6, 6.07) is 2.42. The van der Waals surface area contributed by atoms with E-state index in [0.29, 0.717) is 0 Å². The zero-order valence-corrected chi connectivity index (χ0v) is 14.5. The van der Waals surface area contributed by atoms with E-state index in [1.165, 1.54) is 0 Å². The van der Waals surface area contributed by atoms with Gasteiger partial charge >= 0.3 is 12.3 Å². The number of hydrogen-bond acceptors (Lipinski definition) is 9. The fourth-order valence-electron chi connectivity index (χ4n) is 1.75. The summed E-state index contributed by atoms with van der Waals surface area (Å²) in [6.45, 7) is 0. The van der Waals surface area contributed by atoms with Crippen molar-refractivity contribution >= 4 is 40.7 Å². The van der Waals surface area contributed by atoms with Gasteiger partial charge in [0.2, 0.25) is 0 Å². The molecular weight excluding hydrogens is 409 g/mol. The number of rotatable bonds is 5. The fraction of sp³-hybridized carbons (Fsp3) is 0.143. The minimum Gasteiger partial charge on any atom is -0.466 e. The molecular formula is C14H9F3N4O6S. The molecule has 0 radical (unpaired) electrons. The monoisotopic (exact) mass is 418 g/mol. The molecule has 1 saturated heterocycles. The molecule has 0 bridgehead atoms. The minimum absolute atomic E-state index is 0.0303. The zero-order chi connectivity index (χ0) is 20.9. The number of carbonyl (C=O) groups excluding carboxylic acids is 2. The summed E-state index contributed by atoms with van der Waals surface area (Å²) in [5.41, 5.74) is -0.856. The first-order valence-electron chi connectivity index (χ1n) is 7.03. The Morgan fingerprint density at radius 1 is 1.39 bits per heavy atom. The van der Waals surface area contributed by atoms with Crippen LogP contribution in [-0.4, -0.2) is 41.7 Å². The Bertz CT molecular complexity index is 913. The van der Waals surface area contributed by atoms with Crippen molar-refractivity contribution in [1.82, 2.24) is 5.32 Å². The number of methoxy groups -OCH3 is 1. The average Bonchev–Trinajstić information content (AvgIpc) is 2.94. The first-order valence-corrected chi connectivity index (χ1v) is 7.85. The number of ether oxygens (including phenoxy) is 2. The maximum absolute atomic E-state index is 12.4. The zero-order valence-electron chi connectivity index (χ0n) is 13.7. The molecule has 10 nitrogen and oxygen atoms in total. The van der Waals surface area contributed by atoms with Crippen molar-refractivity contribution in [3.63, 3.8) is 0 Å². The summed E-state index contributed by atoms with van der Waals surface area (Å²) < 4.78 is 45.5. The molecule has 0 spiro atoms. The highest BCUT2D eigenvalue weighted by Gasteiger charge is 2.32. The molecule has 0 unspecified atom stereocenters. The van der Waals surface area contributed by atoms with Gasteiger partial charge < -0.3 is 9.47 Å². The second-order valence-electron chi connectivity index (χ2n) is 4.76. The van der Waals surface area contributed by atoms with Gasteiger partial charge in [0.1, 0.15) is 5.75 Å². The standard InChI is InChI=1S/C14H9F3N4O6S/c1-26-11(22)5-10-12(23)19-13(28-10)20-18-6-7-4-8(21(24)25)2-3-9(7)27-14(15,16)17/h2-6H,1H3,(H,19,20,23)/b10-5+,18-6?. The van der Waals surface area contributed by atoms with Crippen LogP contribution in [0.1, 0.15) is 5.56 Å². The summed E-state index contributed by atoms with van der Waals surface area (Å²) in [5.74, 6) is -2.15. The third kappa shape index (κ3) is 5.80. The number of non-ortho nitro benzene ring substituents is 1. The van der Waals surface area contributed by atoms with Crippen LogP contribution in [0.25, 0.3) is 0 Å². The van der Waals surface area contributed by atoms with E-state index in [9.17, 15) is 32.9 Å². The van der Waals surface area contributed by atoms with Crippen molar-refractivity contribution in [1.29, 1.82) is 0 Å². The summed E-state index contributed by atoms with van der Waals surface area (Å²) in [7, 11) is 1.12. The van der Waals surface area contributed by atoms with Gasteiger partial charge in [0.05, 0.1) is 23.2 Å². The summed E-state index contributed by atoms with van der Waals surface area (Å²) in [6.07, 6.45) is -3.31. The predicted molar refractivity (Wildman–Crippen MR) is 90.6 cm³/mol. The largest absolute Gasteiger partial charge is 0.573 e. The molecule has 1 aliphatic rings. The van der Waals surface area contributed by atoms with Gasteiger partial charge in [0.15, 0.2) is 5.17 Å². The van der Waals surface area contributed by atoms with E-state index >= 15 is 0 Å². The molecule has 1 aromatic rings. The number of benzene rings is 1. The molecule has 1 heterocycles. The molecule has 148 valence electrons. The maximum Gasteiger partial charge on any atom is 0.573 e. The fourth-order valence-corrected chi connectivity index (χ4v) is 2.49. The third-order valence-corrected chi connectivity index (χ3v) is 3.78. The van der Waals surface area contributed by atoms with Crippen LogP contribution in [-0.2, 0) is 14.3 Å².